The van der Waals surface area contributed by atoms with Crippen LogP contribution in [-0.4, -0.2) is 40.5 Å². The first-order chi connectivity index (χ1) is 14.2. The summed E-state index contributed by atoms with van der Waals surface area (Å²) >= 11 is 0. The van der Waals surface area contributed by atoms with E-state index in [9.17, 15) is 4.79 Å². The van der Waals surface area contributed by atoms with Crippen LogP contribution in [0, 0.1) is 6.92 Å². The van der Waals surface area contributed by atoms with Crippen LogP contribution in [0.2, 0.25) is 0 Å². The highest BCUT2D eigenvalue weighted by Gasteiger charge is 2.46. The Hall–Kier alpha value is -3.05. The van der Waals surface area contributed by atoms with Crippen LogP contribution in [0.4, 0.5) is 0 Å². The minimum atomic E-state index is -0.269. The van der Waals surface area contributed by atoms with E-state index < -0.39 is 0 Å². The van der Waals surface area contributed by atoms with Gasteiger partial charge in [0.15, 0.2) is 5.82 Å². The lowest BCUT2D eigenvalue weighted by Crippen LogP contribution is -2.42. The minimum absolute atomic E-state index is 0.0728. The van der Waals surface area contributed by atoms with E-state index in [1.807, 2.05) is 72.5 Å². The second-order valence-electron chi connectivity index (χ2n) is 7.94. The van der Waals surface area contributed by atoms with Gasteiger partial charge in [0.25, 0.3) is 5.91 Å². The Kier molecular flexibility index (Phi) is 4.40. The standard InChI is InChI=1S/C24H23N3O2/c1-17-20-14-29-16-24(21(20)26-22(25-17)18-8-4-2-5-9-18)12-13-27(15-24)23(28)19-10-6-3-7-11-19/h2-11H,12-16H2,1H3. The highest BCUT2D eigenvalue weighted by Crippen LogP contribution is 2.40. The van der Waals surface area contributed by atoms with E-state index in [0.29, 0.717) is 26.3 Å². The molecule has 1 amide bonds. The van der Waals surface area contributed by atoms with Gasteiger partial charge in [0.05, 0.1) is 24.3 Å². The van der Waals surface area contributed by atoms with Crippen LogP contribution < -0.4 is 0 Å². The van der Waals surface area contributed by atoms with Crippen molar-refractivity contribution in [3.05, 3.63) is 83.2 Å². The number of ether oxygens (including phenoxy) is 1. The van der Waals surface area contributed by atoms with Crippen LogP contribution in [0.5, 0.6) is 0 Å². The molecule has 2 aliphatic heterocycles. The molecule has 1 saturated heterocycles. The van der Waals surface area contributed by atoms with Gasteiger partial charge in [-0.15, -0.1) is 0 Å². The average molecular weight is 385 g/mol. The fraction of sp³-hybridized carbons (Fsp3) is 0.292. The first-order valence-electron chi connectivity index (χ1n) is 10.0. The lowest BCUT2D eigenvalue weighted by molar-refractivity contribution is 0.0481. The Bertz CT molecular complexity index is 1050. The molecule has 0 saturated carbocycles. The number of hydrogen-bond donors (Lipinski definition) is 0. The van der Waals surface area contributed by atoms with Crippen molar-refractivity contribution in [2.45, 2.75) is 25.4 Å². The zero-order valence-corrected chi connectivity index (χ0v) is 16.5. The third-order valence-electron chi connectivity index (χ3n) is 6.03. The Morgan fingerprint density at radius 3 is 2.52 bits per heavy atom. The predicted octanol–water partition coefficient (Wildman–Crippen LogP) is 3.77. The summed E-state index contributed by atoms with van der Waals surface area (Å²) in [6.07, 6.45) is 0.850. The Morgan fingerprint density at radius 1 is 1.03 bits per heavy atom. The summed E-state index contributed by atoms with van der Waals surface area (Å²) in [6, 6.07) is 19.6. The quantitative estimate of drug-likeness (QED) is 0.674. The summed E-state index contributed by atoms with van der Waals surface area (Å²) < 4.78 is 5.98. The van der Waals surface area contributed by atoms with E-state index in [1.165, 1.54) is 0 Å². The van der Waals surface area contributed by atoms with E-state index in [2.05, 4.69) is 0 Å². The van der Waals surface area contributed by atoms with Gasteiger partial charge in [-0.2, -0.15) is 0 Å². The molecule has 2 aliphatic rings. The number of aromatic nitrogens is 2. The van der Waals surface area contributed by atoms with Gasteiger partial charge in [0.2, 0.25) is 0 Å². The molecular formula is C24H23N3O2. The van der Waals surface area contributed by atoms with Crippen molar-refractivity contribution in [1.82, 2.24) is 14.9 Å². The van der Waals surface area contributed by atoms with Gasteiger partial charge in [-0.05, 0) is 25.5 Å². The largest absolute Gasteiger partial charge is 0.376 e. The van der Waals surface area contributed by atoms with E-state index in [4.69, 9.17) is 14.7 Å². The summed E-state index contributed by atoms with van der Waals surface area (Å²) in [6.45, 7) is 4.48. The smallest absolute Gasteiger partial charge is 0.253 e. The van der Waals surface area contributed by atoms with Crippen LogP contribution in [-0.2, 0) is 16.8 Å². The van der Waals surface area contributed by atoms with Gasteiger partial charge < -0.3 is 9.64 Å². The van der Waals surface area contributed by atoms with Crippen molar-refractivity contribution < 1.29 is 9.53 Å². The number of carbonyl (C=O) groups excluding carboxylic acids is 1. The molecule has 1 atom stereocenters. The van der Waals surface area contributed by atoms with Crippen LogP contribution in [0.1, 0.15) is 33.7 Å². The molecule has 0 bridgehead atoms. The number of amides is 1. The number of hydrogen-bond acceptors (Lipinski definition) is 4. The van der Waals surface area contributed by atoms with Crippen molar-refractivity contribution >= 4 is 5.91 Å². The first kappa shape index (κ1) is 18.0. The maximum absolute atomic E-state index is 13.0. The van der Waals surface area contributed by atoms with Gasteiger partial charge in [0, 0.05) is 35.5 Å². The molecule has 1 spiro atoms. The minimum Gasteiger partial charge on any atom is -0.376 e. The Morgan fingerprint density at radius 2 is 1.76 bits per heavy atom. The SMILES string of the molecule is Cc1nc(-c2ccccc2)nc2c1COCC21CCN(C(=O)c2ccccc2)C1. The highest BCUT2D eigenvalue weighted by atomic mass is 16.5. The Labute approximate surface area is 170 Å². The number of carbonyl (C=O) groups is 1. The van der Waals surface area contributed by atoms with Crippen LogP contribution in [0.15, 0.2) is 60.7 Å². The van der Waals surface area contributed by atoms with E-state index >= 15 is 0 Å². The first-order valence-corrected chi connectivity index (χ1v) is 10.0. The van der Waals surface area contributed by atoms with Gasteiger partial charge >= 0.3 is 0 Å². The van der Waals surface area contributed by atoms with Crippen LogP contribution >= 0.6 is 0 Å². The summed E-state index contributed by atoms with van der Waals surface area (Å²) in [5, 5.41) is 0. The summed E-state index contributed by atoms with van der Waals surface area (Å²) in [5.74, 6) is 0.819. The summed E-state index contributed by atoms with van der Waals surface area (Å²) in [4.78, 5) is 24.7. The van der Waals surface area contributed by atoms with E-state index in [1.54, 1.807) is 0 Å². The molecular weight excluding hydrogens is 362 g/mol. The lowest BCUT2D eigenvalue weighted by atomic mass is 9.80. The molecule has 2 aromatic carbocycles. The van der Waals surface area contributed by atoms with Crippen molar-refractivity contribution in [2.24, 2.45) is 0 Å². The van der Waals surface area contributed by atoms with Crippen molar-refractivity contribution in [3.63, 3.8) is 0 Å². The number of fused-ring (bicyclic) bond motifs is 2. The topological polar surface area (TPSA) is 55.3 Å². The summed E-state index contributed by atoms with van der Waals surface area (Å²) in [7, 11) is 0. The molecule has 0 radical (unpaired) electrons. The molecule has 1 aromatic heterocycles. The Balaban J connectivity index is 1.52. The van der Waals surface area contributed by atoms with Gasteiger partial charge in [0.1, 0.15) is 0 Å². The number of nitrogens with zero attached hydrogens (tertiary/aromatic N) is 3. The zero-order valence-electron chi connectivity index (χ0n) is 16.5. The van der Waals surface area contributed by atoms with Crippen LogP contribution in [0.3, 0.4) is 0 Å². The second kappa shape index (κ2) is 7.08. The van der Waals surface area contributed by atoms with E-state index in [-0.39, 0.29) is 11.3 Å². The summed E-state index contributed by atoms with van der Waals surface area (Å²) in [5.41, 5.74) is 4.56. The highest BCUT2D eigenvalue weighted by molar-refractivity contribution is 5.94. The molecule has 5 heteroatoms. The molecule has 29 heavy (non-hydrogen) atoms. The van der Waals surface area contributed by atoms with Crippen molar-refractivity contribution in [2.75, 3.05) is 19.7 Å². The average Bonchev–Trinajstić information content (AvgIpc) is 3.20. The predicted molar refractivity (Wildman–Crippen MR) is 111 cm³/mol. The molecule has 5 rings (SSSR count). The fourth-order valence-electron chi connectivity index (χ4n) is 4.46. The monoisotopic (exact) mass is 385 g/mol. The van der Waals surface area contributed by atoms with E-state index in [0.717, 1.165) is 40.3 Å². The maximum Gasteiger partial charge on any atom is 0.253 e. The third-order valence-corrected chi connectivity index (χ3v) is 6.03. The fourth-order valence-corrected chi connectivity index (χ4v) is 4.46. The van der Waals surface area contributed by atoms with Gasteiger partial charge in [-0.1, -0.05) is 48.5 Å². The molecule has 146 valence electrons. The molecule has 0 aliphatic carbocycles. The molecule has 5 nitrogen and oxygen atoms in total. The number of rotatable bonds is 2. The van der Waals surface area contributed by atoms with Gasteiger partial charge in [-0.3, -0.25) is 4.79 Å². The molecule has 3 heterocycles. The normalized spacial score (nSPS) is 20.7. The molecule has 0 N–H and O–H groups in total. The van der Waals surface area contributed by atoms with Gasteiger partial charge in [-0.25, -0.2) is 9.97 Å². The molecule has 3 aromatic rings. The zero-order chi connectivity index (χ0) is 19.8. The second-order valence-corrected chi connectivity index (χ2v) is 7.94. The number of aryl methyl sites for hydroxylation is 1. The van der Waals surface area contributed by atoms with Crippen LogP contribution in [0.25, 0.3) is 11.4 Å². The molecule has 1 fully saturated rings. The number of benzene rings is 2. The number of likely N-dealkylation sites (tertiary alicyclic amines) is 1. The molecule has 1 unspecified atom stereocenters. The van der Waals surface area contributed by atoms with Crippen molar-refractivity contribution in [1.29, 1.82) is 0 Å². The van der Waals surface area contributed by atoms with Crippen molar-refractivity contribution in [3.8, 4) is 11.4 Å². The third kappa shape index (κ3) is 3.12. The maximum atomic E-state index is 13.0. The lowest BCUT2D eigenvalue weighted by Gasteiger charge is -2.35.